The smallest absolute Gasteiger partial charge is 0.260 e. The highest BCUT2D eigenvalue weighted by atomic mass is 35.5. The number of carbonyl (C=O) groups excluding carboxylic acids is 1. The number of amides is 1. The molecule has 1 amide bonds. The molecule has 3 aromatic rings. The second-order valence-corrected chi connectivity index (χ2v) is 8.39. The molecule has 2 aromatic carbocycles. The number of benzene rings is 2. The molecule has 31 heavy (non-hydrogen) atoms. The third kappa shape index (κ3) is 5.64. The molecule has 0 fully saturated rings. The van der Waals surface area contributed by atoms with Crippen LogP contribution in [0.25, 0.3) is 10.9 Å². The summed E-state index contributed by atoms with van der Waals surface area (Å²) in [4.78, 5) is 34.1. The molecule has 0 saturated carbocycles. The van der Waals surface area contributed by atoms with E-state index in [9.17, 15) is 9.59 Å². The van der Waals surface area contributed by atoms with Crippen molar-refractivity contribution in [1.29, 1.82) is 0 Å². The molecule has 164 valence electrons. The molecule has 0 aliphatic heterocycles. The van der Waals surface area contributed by atoms with Gasteiger partial charge >= 0.3 is 0 Å². The van der Waals surface area contributed by atoms with Gasteiger partial charge in [0, 0.05) is 11.6 Å². The predicted octanol–water partition coefficient (Wildman–Crippen LogP) is 4.83. The molecule has 0 radical (unpaired) electrons. The minimum absolute atomic E-state index is 0.0793. The molecule has 0 aliphatic rings. The summed E-state index contributed by atoms with van der Waals surface area (Å²) >= 11 is 6.03. The molecule has 3 rings (SSSR count). The summed E-state index contributed by atoms with van der Waals surface area (Å²) < 4.78 is 5.76. The second kappa shape index (κ2) is 9.96. The molecule has 0 aliphatic carbocycles. The van der Waals surface area contributed by atoms with E-state index < -0.39 is 0 Å². The molecule has 0 saturated heterocycles. The number of hydrogen-bond acceptors (Lipinski definition) is 4. The number of aromatic amines is 1. The van der Waals surface area contributed by atoms with Gasteiger partial charge in [0.25, 0.3) is 11.5 Å². The fraction of sp³-hybridized carbons (Fsp3) is 0.375. The standard InChI is InChI=1S/C24H28ClN3O3/c1-5-10-28(13-22-26-21-12-17(25)6-8-20(21)24(30)27-22)23(29)14-31-18-7-9-19(15(2)3)16(4)11-18/h6-9,11-12,15H,5,10,13-14H2,1-4H3,(H,26,27,30). The van der Waals surface area contributed by atoms with Crippen molar-refractivity contribution in [3.63, 3.8) is 0 Å². The van der Waals surface area contributed by atoms with Crippen molar-refractivity contribution in [2.24, 2.45) is 0 Å². The molecule has 1 heterocycles. The lowest BCUT2D eigenvalue weighted by atomic mass is 9.98. The summed E-state index contributed by atoms with van der Waals surface area (Å²) in [5.74, 6) is 1.35. The van der Waals surface area contributed by atoms with Crippen LogP contribution in [0.4, 0.5) is 0 Å². The molecule has 0 unspecified atom stereocenters. The van der Waals surface area contributed by atoms with Gasteiger partial charge in [-0.3, -0.25) is 9.59 Å². The number of ether oxygens (including phenoxy) is 1. The van der Waals surface area contributed by atoms with Crippen LogP contribution in [-0.4, -0.2) is 33.9 Å². The zero-order valence-electron chi connectivity index (χ0n) is 18.4. The Morgan fingerprint density at radius 1 is 1.23 bits per heavy atom. The van der Waals surface area contributed by atoms with Crippen LogP contribution in [0.5, 0.6) is 5.75 Å². The summed E-state index contributed by atoms with van der Waals surface area (Å²) in [5, 5.41) is 0.968. The highest BCUT2D eigenvalue weighted by Crippen LogP contribution is 2.23. The first-order valence-corrected chi connectivity index (χ1v) is 10.9. The molecular weight excluding hydrogens is 414 g/mol. The van der Waals surface area contributed by atoms with Gasteiger partial charge in [0.05, 0.1) is 17.4 Å². The van der Waals surface area contributed by atoms with E-state index >= 15 is 0 Å². The Morgan fingerprint density at radius 3 is 2.68 bits per heavy atom. The molecular formula is C24H28ClN3O3. The number of hydrogen-bond donors (Lipinski definition) is 1. The molecule has 0 bridgehead atoms. The SMILES string of the molecule is CCCN(Cc1nc2cc(Cl)ccc2c(=O)[nH]1)C(=O)COc1ccc(C(C)C)c(C)c1. The van der Waals surface area contributed by atoms with E-state index in [2.05, 4.69) is 23.8 Å². The summed E-state index contributed by atoms with van der Waals surface area (Å²) in [7, 11) is 0. The van der Waals surface area contributed by atoms with Gasteiger partial charge in [-0.15, -0.1) is 0 Å². The van der Waals surface area contributed by atoms with Crippen LogP contribution in [0.1, 0.15) is 50.1 Å². The zero-order valence-corrected chi connectivity index (χ0v) is 19.1. The Balaban J connectivity index is 1.73. The van der Waals surface area contributed by atoms with E-state index in [1.54, 1.807) is 23.1 Å². The van der Waals surface area contributed by atoms with Gasteiger partial charge in [-0.2, -0.15) is 0 Å². The number of aryl methyl sites for hydroxylation is 1. The van der Waals surface area contributed by atoms with Gasteiger partial charge in [-0.05, 0) is 60.7 Å². The van der Waals surface area contributed by atoms with Crippen LogP contribution < -0.4 is 10.3 Å². The van der Waals surface area contributed by atoms with Crippen molar-refractivity contribution in [2.75, 3.05) is 13.2 Å². The quantitative estimate of drug-likeness (QED) is 0.543. The van der Waals surface area contributed by atoms with E-state index in [0.717, 1.165) is 12.0 Å². The maximum absolute atomic E-state index is 12.8. The van der Waals surface area contributed by atoms with Crippen molar-refractivity contribution in [2.45, 2.75) is 46.6 Å². The minimum atomic E-state index is -0.252. The first-order valence-electron chi connectivity index (χ1n) is 10.5. The Bertz CT molecular complexity index is 1140. The number of nitrogens with zero attached hydrogens (tertiary/aromatic N) is 2. The van der Waals surface area contributed by atoms with Gasteiger partial charge in [-0.25, -0.2) is 4.98 Å². The monoisotopic (exact) mass is 441 g/mol. The van der Waals surface area contributed by atoms with E-state index in [1.165, 1.54) is 5.56 Å². The van der Waals surface area contributed by atoms with Crippen molar-refractivity contribution < 1.29 is 9.53 Å². The minimum Gasteiger partial charge on any atom is -0.484 e. The Hall–Kier alpha value is -2.86. The van der Waals surface area contributed by atoms with Crippen LogP contribution in [-0.2, 0) is 11.3 Å². The molecule has 6 nitrogen and oxygen atoms in total. The van der Waals surface area contributed by atoms with Crippen molar-refractivity contribution in [3.05, 3.63) is 68.7 Å². The van der Waals surface area contributed by atoms with Crippen LogP contribution >= 0.6 is 11.6 Å². The van der Waals surface area contributed by atoms with Crippen molar-refractivity contribution >= 4 is 28.4 Å². The number of H-pyrrole nitrogens is 1. The van der Waals surface area contributed by atoms with Gasteiger partial charge in [-0.1, -0.05) is 38.4 Å². The first kappa shape index (κ1) is 22.8. The second-order valence-electron chi connectivity index (χ2n) is 7.95. The highest BCUT2D eigenvalue weighted by Gasteiger charge is 2.16. The molecule has 0 spiro atoms. The normalized spacial score (nSPS) is 11.2. The number of carbonyl (C=O) groups is 1. The van der Waals surface area contributed by atoms with Crippen molar-refractivity contribution in [3.8, 4) is 5.75 Å². The largest absolute Gasteiger partial charge is 0.484 e. The summed E-state index contributed by atoms with van der Waals surface area (Å²) in [6.45, 7) is 8.98. The molecule has 1 N–H and O–H groups in total. The maximum Gasteiger partial charge on any atom is 0.260 e. The van der Waals surface area contributed by atoms with Crippen LogP contribution in [0.3, 0.4) is 0 Å². The lowest BCUT2D eigenvalue weighted by Crippen LogP contribution is -2.36. The van der Waals surface area contributed by atoms with Crippen LogP contribution in [0, 0.1) is 6.92 Å². The van der Waals surface area contributed by atoms with Crippen LogP contribution in [0.2, 0.25) is 5.02 Å². The highest BCUT2D eigenvalue weighted by molar-refractivity contribution is 6.31. The fourth-order valence-electron chi connectivity index (χ4n) is 3.60. The van der Waals surface area contributed by atoms with Crippen molar-refractivity contribution in [1.82, 2.24) is 14.9 Å². The number of halogens is 1. The van der Waals surface area contributed by atoms with Crippen LogP contribution in [0.15, 0.2) is 41.2 Å². The van der Waals surface area contributed by atoms with Gasteiger partial charge in [0.15, 0.2) is 6.61 Å². The molecule has 0 atom stereocenters. The molecule has 7 heteroatoms. The number of fused-ring (bicyclic) bond motifs is 1. The maximum atomic E-state index is 12.8. The topological polar surface area (TPSA) is 75.3 Å². The Kier molecular flexibility index (Phi) is 7.33. The Morgan fingerprint density at radius 2 is 2.00 bits per heavy atom. The van der Waals surface area contributed by atoms with E-state index in [-0.39, 0.29) is 24.6 Å². The summed E-state index contributed by atoms with van der Waals surface area (Å²) in [6.07, 6.45) is 0.775. The number of rotatable bonds is 8. The number of aromatic nitrogens is 2. The number of nitrogens with one attached hydrogen (secondary N) is 1. The van der Waals surface area contributed by atoms with Gasteiger partial charge in [0.2, 0.25) is 0 Å². The van der Waals surface area contributed by atoms with E-state index in [4.69, 9.17) is 16.3 Å². The zero-order chi connectivity index (χ0) is 22.5. The average molecular weight is 442 g/mol. The third-order valence-electron chi connectivity index (χ3n) is 5.13. The first-order chi connectivity index (χ1) is 14.8. The lowest BCUT2D eigenvalue weighted by Gasteiger charge is -2.22. The third-order valence-corrected chi connectivity index (χ3v) is 5.37. The Labute approximate surface area is 187 Å². The summed E-state index contributed by atoms with van der Waals surface area (Å²) in [6, 6.07) is 10.8. The summed E-state index contributed by atoms with van der Waals surface area (Å²) in [5.41, 5.74) is 2.66. The predicted molar refractivity (Wildman–Crippen MR) is 124 cm³/mol. The van der Waals surface area contributed by atoms with E-state index in [0.29, 0.717) is 40.0 Å². The lowest BCUT2D eigenvalue weighted by molar-refractivity contribution is -0.134. The fourth-order valence-corrected chi connectivity index (χ4v) is 3.77. The molecule has 1 aromatic heterocycles. The average Bonchev–Trinajstić information content (AvgIpc) is 2.71. The van der Waals surface area contributed by atoms with E-state index in [1.807, 2.05) is 32.0 Å². The van der Waals surface area contributed by atoms with Gasteiger partial charge < -0.3 is 14.6 Å². The van der Waals surface area contributed by atoms with Gasteiger partial charge in [0.1, 0.15) is 11.6 Å².